The average Bonchev–Trinajstić information content (AvgIpc) is 2.07. The second kappa shape index (κ2) is 4.16. The van der Waals surface area contributed by atoms with Crippen molar-refractivity contribution in [3.05, 3.63) is 38.4 Å². The van der Waals surface area contributed by atoms with Crippen LogP contribution in [-0.2, 0) is 6.54 Å². The molecule has 0 atom stereocenters. The van der Waals surface area contributed by atoms with Gasteiger partial charge in [-0.2, -0.15) is 0 Å². The predicted molar refractivity (Wildman–Crippen MR) is 47.1 cm³/mol. The van der Waals surface area contributed by atoms with Crippen molar-refractivity contribution in [2.75, 3.05) is 0 Å². The maximum Gasteiger partial charge on any atom is 0.147 e. The molecule has 1 heterocycles. The van der Waals surface area contributed by atoms with Crippen molar-refractivity contribution in [3.8, 4) is 0 Å². The molecule has 1 rings (SSSR count). The number of rotatable bonds is 2. The normalized spacial score (nSPS) is 9.17. The molecule has 0 fully saturated rings. The molecule has 1 aromatic rings. The fraction of sp³-hybridized carbons (Fsp3) is 0.167. The Balaban J connectivity index is 2.89. The van der Waals surface area contributed by atoms with Gasteiger partial charge in [-0.25, -0.2) is 4.98 Å². The van der Waals surface area contributed by atoms with Crippen LogP contribution in [0.15, 0.2) is 17.4 Å². The second-order valence-electron chi connectivity index (χ2n) is 2.01. The van der Waals surface area contributed by atoms with Gasteiger partial charge in [0.25, 0.3) is 0 Å². The van der Waals surface area contributed by atoms with Crippen LogP contribution in [0.1, 0.15) is 5.56 Å². The quantitative estimate of drug-likeness (QED) is 0.315. The van der Waals surface area contributed by atoms with E-state index in [0.717, 1.165) is 5.56 Å². The first-order valence-electron chi connectivity index (χ1n) is 3.05. The lowest BCUT2D eigenvalue weighted by atomic mass is 10.3. The fourth-order valence-corrected chi connectivity index (χ4v) is 0.953. The lowest BCUT2D eigenvalue weighted by Crippen LogP contribution is -1.83. The van der Waals surface area contributed by atoms with E-state index in [1.165, 1.54) is 6.20 Å². The molecule has 0 N–H and O–H groups in total. The number of pyridine rings is 1. The summed E-state index contributed by atoms with van der Waals surface area (Å²) in [5.41, 5.74) is 8.77. The summed E-state index contributed by atoms with van der Waals surface area (Å²) in [6.07, 6.45) is 1.52. The van der Waals surface area contributed by atoms with E-state index in [1.54, 1.807) is 6.07 Å². The van der Waals surface area contributed by atoms with Crippen molar-refractivity contribution < 1.29 is 0 Å². The topological polar surface area (TPSA) is 61.7 Å². The van der Waals surface area contributed by atoms with Gasteiger partial charge in [0, 0.05) is 11.1 Å². The van der Waals surface area contributed by atoms with Crippen molar-refractivity contribution in [3.63, 3.8) is 0 Å². The average molecular weight is 203 g/mol. The van der Waals surface area contributed by atoms with E-state index in [9.17, 15) is 0 Å². The molecule has 6 heteroatoms. The SMILES string of the molecule is [N-]=[N+]=NCc1cnc(Cl)c(Cl)c1. The van der Waals surface area contributed by atoms with Crippen LogP contribution in [-0.4, -0.2) is 4.98 Å². The summed E-state index contributed by atoms with van der Waals surface area (Å²) in [7, 11) is 0. The van der Waals surface area contributed by atoms with Crippen LogP contribution in [0.2, 0.25) is 10.2 Å². The number of hydrogen-bond acceptors (Lipinski definition) is 2. The lowest BCUT2D eigenvalue weighted by molar-refractivity contribution is 1.03. The van der Waals surface area contributed by atoms with Gasteiger partial charge in [-0.15, -0.1) is 0 Å². The van der Waals surface area contributed by atoms with E-state index in [0.29, 0.717) is 5.02 Å². The van der Waals surface area contributed by atoms with Gasteiger partial charge in [0.2, 0.25) is 0 Å². The largest absolute Gasteiger partial charge is 0.243 e. The van der Waals surface area contributed by atoms with Crippen molar-refractivity contribution in [2.45, 2.75) is 6.54 Å². The molecule has 0 aliphatic carbocycles. The third-order valence-corrected chi connectivity index (χ3v) is 1.86. The van der Waals surface area contributed by atoms with Gasteiger partial charge < -0.3 is 0 Å². The van der Waals surface area contributed by atoms with Crippen LogP contribution in [0.25, 0.3) is 10.4 Å². The zero-order chi connectivity index (χ0) is 8.97. The Labute approximate surface area is 78.8 Å². The first-order chi connectivity index (χ1) is 5.74. The van der Waals surface area contributed by atoms with Crippen LogP contribution in [0.5, 0.6) is 0 Å². The molecule has 12 heavy (non-hydrogen) atoms. The third kappa shape index (κ3) is 2.27. The summed E-state index contributed by atoms with van der Waals surface area (Å²) in [5, 5.41) is 3.97. The van der Waals surface area contributed by atoms with E-state index < -0.39 is 0 Å². The van der Waals surface area contributed by atoms with Gasteiger partial charge in [0.1, 0.15) is 5.15 Å². The Morgan fingerprint density at radius 3 is 2.92 bits per heavy atom. The fourth-order valence-electron chi connectivity index (χ4n) is 0.661. The maximum absolute atomic E-state index is 8.03. The number of azide groups is 1. The van der Waals surface area contributed by atoms with Crippen molar-refractivity contribution in [1.82, 2.24) is 4.98 Å². The molecule has 1 aromatic heterocycles. The molecular weight excluding hydrogens is 199 g/mol. The summed E-state index contributed by atoms with van der Waals surface area (Å²) >= 11 is 11.2. The number of hydrogen-bond donors (Lipinski definition) is 0. The number of aromatic nitrogens is 1. The van der Waals surface area contributed by atoms with Gasteiger partial charge in [-0.1, -0.05) is 28.3 Å². The number of nitrogens with zero attached hydrogens (tertiary/aromatic N) is 4. The molecule has 0 saturated heterocycles. The van der Waals surface area contributed by atoms with Gasteiger partial charge >= 0.3 is 0 Å². The van der Waals surface area contributed by atoms with E-state index in [4.69, 9.17) is 28.7 Å². The first-order valence-corrected chi connectivity index (χ1v) is 3.80. The highest BCUT2D eigenvalue weighted by molar-refractivity contribution is 6.41. The van der Waals surface area contributed by atoms with E-state index >= 15 is 0 Å². The summed E-state index contributed by atoms with van der Waals surface area (Å²) < 4.78 is 0. The zero-order valence-corrected chi connectivity index (χ0v) is 7.42. The second-order valence-corrected chi connectivity index (χ2v) is 2.77. The van der Waals surface area contributed by atoms with E-state index in [1.807, 2.05) is 0 Å². The van der Waals surface area contributed by atoms with Crippen LogP contribution in [0, 0.1) is 0 Å². The van der Waals surface area contributed by atoms with Gasteiger partial charge in [0.15, 0.2) is 0 Å². The maximum atomic E-state index is 8.03. The molecule has 0 radical (unpaired) electrons. The van der Waals surface area contributed by atoms with E-state index in [2.05, 4.69) is 15.0 Å². The Morgan fingerprint density at radius 2 is 2.33 bits per heavy atom. The standard InChI is InChI=1S/C6H4Cl2N4/c7-5-1-4(3-11-12-9)2-10-6(5)8/h1-2H,3H2. The smallest absolute Gasteiger partial charge is 0.147 e. The van der Waals surface area contributed by atoms with Crippen LogP contribution >= 0.6 is 23.2 Å². The molecular formula is C6H4Cl2N4. The van der Waals surface area contributed by atoms with E-state index in [-0.39, 0.29) is 11.7 Å². The van der Waals surface area contributed by atoms with Crippen molar-refractivity contribution in [2.24, 2.45) is 5.11 Å². The Hall–Kier alpha value is -0.960. The highest BCUT2D eigenvalue weighted by atomic mass is 35.5. The third-order valence-electron chi connectivity index (χ3n) is 1.17. The van der Waals surface area contributed by atoms with Crippen LogP contribution in [0.4, 0.5) is 0 Å². The molecule has 0 aliphatic rings. The first kappa shape index (κ1) is 9.13. The summed E-state index contributed by atoms with van der Waals surface area (Å²) in [6.45, 7) is 0.236. The molecule has 0 aromatic carbocycles. The summed E-state index contributed by atoms with van der Waals surface area (Å²) in [4.78, 5) is 6.39. The predicted octanol–water partition coefficient (Wildman–Crippen LogP) is 3.20. The lowest BCUT2D eigenvalue weighted by Gasteiger charge is -1.96. The molecule has 62 valence electrons. The molecule has 0 saturated carbocycles. The molecule has 0 spiro atoms. The zero-order valence-electron chi connectivity index (χ0n) is 5.91. The van der Waals surface area contributed by atoms with Crippen LogP contribution < -0.4 is 0 Å². The molecule has 0 aliphatic heterocycles. The van der Waals surface area contributed by atoms with Crippen molar-refractivity contribution in [1.29, 1.82) is 0 Å². The molecule has 0 unspecified atom stereocenters. The molecule has 4 nitrogen and oxygen atoms in total. The van der Waals surface area contributed by atoms with Gasteiger partial charge in [0.05, 0.1) is 11.6 Å². The highest BCUT2D eigenvalue weighted by Gasteiger charge is 1.98. The minimum Gasteiger partial charge on any atom is -0.243 e. The van der Waals surface area contributed by atoms with Gasteiger partial charge in [-0.05, 0) is 17.2 Å². The van der Waals surface area contributed by atoms with Crippen molar-refractivity contribution >= 4 is 23.2 Å². The highest BCUT2D eigenvalue weighted by Crippen LogP contribution is 2.19. The molecule has 0 amide bonds. The number of halogens is 2. The Bertz CT molecular complexity index is 332. The molecule has 0 bridgehead atoms. The Kier molecular flexibility index (Phi) is 3.17. The summed E-state index contributed by atoms with van der Waals surface area (Å²) in [5.74, 6) is 0. The summed E-state index contributed by atoms with van der Waals surface area (Å²) in [6, 6.07) is 1.62. The minimum atomic E-state index is 0.236. The minimum absolute atomic E-state index is 0.236. The van der Waals surface area contributed by atoms with Gasteiger partial charge in [-0.3, -0.25) is 0 Å². The van der Waals surface area contributed by atoms with Crippen LogP contribution in [0.3, 0.4) is 0 Å². The Morgan fingerprint density at radius 1 is 1.58 bits per heavy atom. The monoisotopic (exact) mass is 202 g/mol.